The molecule has 168 valence electrons. The molecule has 1 aliphatic rings. The van der Waals surface area contributed by atoms with Gasteiger partial charge in [-0.3, -0.25) is 40.3 Å². The third kappa shape index (κ3) is 4.98. The number of hydrogen-bond donors (Lipinski definition) is 3. The summed E-state index contributed by atoms with van der Waals surface area (Å²) in [6.45, 7) is -0.476. The molecule has 0 bridgehead atoms. The number of carbonyl (C=O) groups is 4. The molecule has 1 saturated heterocycles. The first-order valence-corrected chi connectivity index (χ1v) is 10.6. The van der Waals surface area contributed by atoms with E-state index in [9.17, 15) is 24.0 Å². The van der Waals surface area contributed by atoms with Gasteiger partial charge in [0.2, 0.25) is 11.8 Å². The number of amides is 4. The zero-order chi connectivity index (χ0) is 23.4. The first-order valence-electron chi connectivity index (χ1n) is 9.68. The van der Waals surface area contributed by atoms with Gasteiger partial charge in [-0.25, -0.2) is 14.0 Å². The molecule has 0 spiro atoms. The fraction of sp³-hybridized carbons (Fsp3) is 0.150. The number of nitrogens with zero attached hydrogens (tertiary/aromatic N) is 4. The number of aromatic nitrogens is 4. The van der Waals surface area contributed by atoms with E-state index in [2.05, 4.69) is 26.3 Å². The molecule has 3 N–H and O–H groups in total. The Morgan fingerprint density at radius 1 is 1.00 bits per heavy atom. The van der Waals surface area contributed by atoms with Gasteiger partial charge in [-0.2, -0.15) is 0 Å². The van der Waals surface area contributed by atoms with E-state index in [4.69, 9.17) is 0 Å². The molecule has 1 atom stereocenters. The summed E-state index contributed by atoms with van der Waals surface area (Å²) in [5, 5.41) is 4.95. The van der Waals surface area contributed by atoms with E-state index in [0.29, 0.717) is 23.1 Å². The smallest absolute Gasteiger partial charge is 0.286 e. The van der Waals surface area contributed by atoms with Crippen LogP contribution < -0.4 is 21.9 Å². The molecule has 0 unspecified atom stereocenters. The van der Waals surface area contributed by atoms with Gasteiger partial charge in [0.1, 0.15) is 17.5 Å². The summed E-state index contributed by atoms with van der Waals surface area (Å²) in [6.07, 6.45) is 1.27. The Hall–Kier alpha value is -4.26. The number of carbonyl (C=O) groups excluding carboxylic acids is 4. The van der Waals surface area contributed by atoms with Crippen molar-refractivity contribution in [3.05, 3.63) is 65.2 Å². The summed E-state index contributed by atoms with van der Waals surface area (Å²) >= 11 is 0.704. The van der Waals surface area contributed by atoms with Gasteiger partial charge in [-0.1, -0.05) is 36.0 Å². The molecule has 1 aliphatic heterocycles. The van der Waals surface area contributed by atoms with E-state index in [-0.39, 0.29) is 12.2 Å². The number of hydrogen-bond acceptors (Lipinski definition) is 8. The third-order valence-corrected chi connectivity index (χ3v) is 5.50. The average Bonchev–Trinajstić information content (AvgIpc) is 3.31. The Morgan fingerprint density at radius 2 is 1.73 bits per heavy atom. The van der Waals surface area contributed by atoms with Crippen LogP contribution >= 0.6 is 11.8 Å². The molecule has 0 saturated carbocycles. The highest BCUT2D eigenvalue weighted by molar-refractivity contribution is 8.15. The van der Waals surface area contributed by atoms with E-state index in [1.165, 1.54) is 4.57 Å². The van der Waals surface area contributed by atoms with Crippen LogP contribution in [0, 0.1) is 0 Å². The molecular formula is C20H17N7O5S. The van der Waals surface area contributed by atoms with E-state index in [0.717, 1.165) is 4.68 Å². The standard InChI is InChI=1S/C20H17N7O5S/c28-15(10-14-18(30)22-19(31)33-14)23-24-16(29)11-26-20(32)27(12-6-2-1-3-7-12)17(25-26)13-8-4-5-9-21-13/h1-9,14H,10-11H2,(H,23,28)(H,24,29)(H,22,30,31)/t14-/m1/s1. The van der Waals surface area contributed by atoms with Crippen molar-refractivity contribution in [1.29, 1.82) is 0 Å². The van der Waals surface area contributed by atoms with Crippen LogP contribution in [0.15, 0.2) is 59.5 Å². The molecule has 4 rings (SSSR count). The van der Waals surface area contributed by atoms with Crippen molar-refractivity contribution in [2.45, 2.75) is 18.2 Å². The Bertz CT molecular complexity index is 1270. The highest BCUT2D eigenvalue weighted by atomic mass is 32.2. The Balaban J connectivity index is 1.48. The first kappa shape index (κ1) is 22.0. The van der Waals surface area contributed by atoms with Crippen LogP contribution in [0.1, 0.15) is 6.42 Å². The predicted octanol–water partition coefficient (Wildman–Crippen LogP) is -0.0149. The molecule has 2 aromatic heterocycles. The SMILES string of the molecule is O=C(C[C@H]1SC(=O)NC1=O)NNC(=O)Cn1nc(-c2ccccn2)n(-c2ccccc2)c1=O. The maximum absolute atomic E-state index is 13.0. The summed E-state index contributed by atoms with van der Waals surface area (Å²) in [4.78, 5) is 64.3. The number of benzene rings is 1. The molecule has 12 nitrogen and oxygen atoms in total. The van der Waals surface area contributed by atoms with E-state index in [1.54, 1.807) is 54.7 Å². The molecule has 3 heterocycles. The molecule has 4 amide bonds. The Labute approximate surface area is 190 Å². The van der Waals surface area contributed by atoms with Gasteiger partial charge in [0, 0.05) is 12.6 Å². The fourth-order valence-corrected chi connectivity index (χ4v) is 3.86. The molecule has 1 fully saturated rings. The molecule has 33 heavy (non-hydrogen) atoms. The van der Waals surface area contributed by atoms with Crippen molar-refractivity contribution < 1.29 is 19.2 Å². The van der Waals surface area contributed by atoms with Crippen molar-refractivity contribution in [2.24, 2.45) is 0 Å². The lowest BCUT2D eigenvalue weighted by Crippen LogP contribution is -2.45. The Kier molecular flexibility index (Phi) is 6.31. The summed E-state index contributed by atoms with van der Waals surface area (Å²) in [7, 11) is 0. The maximum atomic E-state index is 13.0. The lowest BCUT2D eigenvalue weighted by molar-refractivity contribution is -0.130. The largest absolute Gasteiger partial charge is 0.351 e. The quantitative estimate of drug-likeness (QED) is 0.427. The zero-order valence-corrected chi connectivity index (χ0v) is 17.7. The van der Waals surface area contributed by atoms with Crippen LogP contribution in [0.2, 0.25) is 0 Å². The normalized spacial score (nSPS) is 15.2. The number of imide groups is 1. The van der Waals surface area contributed by atoms with Crippen LogP contribution in [0.3, 0.4) is 0 Å². The summed E-state index contributed by atoms with van der Waals surface area (Å²) < 4.78 is 2.29. The second-order valence-corrected chi connectivity index (χ2v) is 8.01. The summed E-state index contributed by atoms with van der Waals surface area (Å²) in [5.74, 6) is -1.69. The van der Waals surface area contributed by atoms with E-state index >= 15 is 0 Å². The minimum absolute atomic E-state index is 0.248. The highest BCUT2D eigenvalue weighted by Gasteiger charge is 2.33. The minimum atomic E-state index is -0.862. The minimum Gasteiger partial charge on any atom is -0.286 e. The van der Waals surface area contributed by atoms with Crippen LogP contribution in [0.5, 0.6) is 0 Å². The van der Waals surface area contributed by atoms with Crippen molar-refractivity contribution >= 4 is 34.7 Å². The molecule has 3 aromatic rings. The van der Waals surface area contributed by atoms with Gasteiger partial charge in [0.05, 0.1) is 5.69 Å². The molecule has 0 aliphatic carbocycles. The van der Waals surface area contributed by atoms with Crippen molar-refractivity contribution in [3.8, 4) is 17.2 Å². The molecule has 1 aromatic carbocycles. The summed E-state index contributed by atoms with van der Waals surface area (Å²) in [6, 6.07) is 13.9. The predicted molar refractivity (Wildman–Crippen MR) is 117 cm³/mol. The number of para-hydroxylation sites is 1. The number of thioether (sulfide) groups is 1. The summed E-state index contributed by atoms with van der Waals surface area (Å²) in [5.41, 5.74) is 4.76. The first-order chi connectivity index (χ1) is 15.9. The average molecular weight is 467 g/mol. The number of hydrazine groups is 1. The van der Waals surface area contributed by atoms with Crippen LogP contribution in [0.25, 0.3) is 17.2 Å². The monoisotopic (exact) mass is 467 g/mol. The second-order valence-electron chi connectivity index (χ2n) is 6.83. The number of nitrogens with one attached hydrogen (secondary N) is 3. The lowest BCUT2D eigenvalue weighted by Gasteiger charge is -2.08. The maximum Gasteiger partial charge on any atom is 0.351 e. The molecule has 0 radical (unpaired) electrons. The highest BCUT2D eigenvalue weighted by Crippen LogP contribution is 2.21. The Morgan fingerprint density at radius 3 is 2.39 bits per heavy atom. The van der Waals surface area contributed by atoms with Gasteiger partial charge in [-0.15, -0.1) is 5.10 Å². The number of rotatable bonds is 6. The topological polar surface area (TPSA) is 157 Å². The van der Waals surface area contributed by atoms with Gasteiger partial charge < -0.3 is 0 Å². The van der Waals surface area contributed by atoms with Gasteiger partial charge >= 0.3 is 5.69 Å². The lowest BCUT2D eigenvalue weighted by atomic mass is 10.3. The van der Waals surface area contributed by atoms with Crippen LogP contribution in [-0.4, -0.2) is 47.5 Å². The van der Waals surface area contributed by atoms with Gasteiger partial charge in [-0.05, 0) is 24.3 Å². The fourth-order valence-electron chi connectivity index (χ4n) is 3.04. The third-order valence-electron chi connectivity index (χ3n) is 4.52. The van der Waals surface area contributed by atoms with Crippen LogP contribution in [0.4, 0.5) is 4.79 Å². The van der Waals surface area contributed by atoms with Crippen LogP contribution in [-0.2, 0) is 20.9 Å². The zero-order valence-electron chi connectivity index (χ0n) is 16.9. The van der Waals surface area contributed by atoms with Crippen molar-refractivity contribution in [1.82, 2.24) is 35.5 Å². The van der Waals surface area contributed by atoms with Crippen molar-refractivity contribution in [2.75, 3.05) is 0 Å². The van der Waals surface area contributed by atoms with E-state index < -0.39 is 40.4 Å². The second kappa shape index (κ2) is 9.48. The van der Waals surface area contributed by atoms with Gasteiger partial charge in [0.25, 0.3) is 11.1 Å². The van der Waals surface area contributed by atoms with E-state index in [1.807, 2.05) is 0 Å². The van der Waals surface area contributed by atoms with Crippen molar-refractivity contribution in [3.63, 3.8) is 0 Å². The number of pyridine rings is 1. The van der Waals surface area contributed by atoms with Gasteiger partial charge in [0.15, 0.2) is 5.82 Å². The molecule has 13 heteroatoms. The molecular weight excluding hydrogens is 450 g/mol.